The summed E-state index contributed by atoms with van der Waals surface area (Å²) in [5, 5.41) is 1.23. The monoisotopic (exact) mass is 287 g/mol. The molecule has 0 bridgehead atoms. The first-order chi connectivity index (χ1) is 10.7. The van der Waals surface area contributed by atoms with Crippen LogP contribution in [0.1, 0.15) is 11.4 Å². The molecule has 0 atom stereocenters. The Hall–Kier alpha value is -2.81. The predicted octanol–water partition coefficient (Wildman–Crippen LogP) is 4.43. The van der Waals surface area contributed by atoms with Crippen molar-refractivity contribution < 1.29 is 0 Å². The highest BCUT2D eigenvalue weighted by Gasteiger charge is 2.06. The summed E-state index contributed by atoms with van der Waals surface area (Å²) < 4.78 is 4.32. The summed E-state index contributed by atoms with van der Waals surface area (Å²) in [5.41, 5.74) is 4.82. The summed E-state index contributed by atoms with van der Waals surface area (Å²) in [6.45, 7) is 4.12. The van der Waals surface area contributed by atoms with Crippen molar-refractivity contribution >= 4 is 10.9 Å². The molecule has 0 aliphatic rings. The number of hydrogen-bond donors (Lipinski definition) is 0. The van der Waals surface area contributed by atoms with Gasteiger partial charge in [-0.25, -0.2) is 4.98 Å². The standard InChI is InChI=1S/C19H17N3/c1-14-3-5-17(6-4-14)22-11-9-16-13-18(7-8-19(16)22)21-12-10-20-15(21)2/h3-13H,1-2H3. The molecule has 108 valence electrons. The SMILES string of the molecule is Cc1ccc(-n2ccc3cc(-n4ccnc4C)ccc32)cc1. The third-order valence-electron chi connectivity index (χ3n) is 4.09. The molecule has 0 N–H and O–H groups in total. The van der Waals surface area contributed by atoms with Gasteiger partial charge in [-0.05, 0) is 50.2 Å². The Morgan fingerprint density at radius 1 is 0.773 bits per heavy atom. The van der Waals surface area contributed by atoms with Gasteiger partial charge in [-0.1, -0.05) is 17.7 Å². The van der Waals surface area contributed by atoms with Gasteiger partial charge in [-0.3, -0.25) is 0 Å². The lowest BCUT2D eigenvalue weighted by Crippen LogP contribution is -1.96. The molecule has 2 aromatic carbocycles. The van der Waals surface area contributed by atoms with Gasteiger partial charge in [0.25, 0.3) is 0 Å². The number of hydrogen-bond acceptors (Lipinski definition) is 1. The lowest BCUT2D eigenvalue weighted by Gasteiger charge is -2.08. The number of benzene rings is 2. The fourth-order valence-electron chi connectivity index (χ4n) is 2.86. The average molecular weight is 287 g/mol. The van der Waals surface area contributed by atoms with Crippen LogP contribution in [0, 0.1) is 13.8 Å². The molecule has 0 aliphatic carbocycles. The van der Waals surface area contributed by atoms with E-state index in [0.29, 0.717) is 0 Å². The molecule has 22 heavy (non-hydrogen) atoms. The zero-order valence-electron chi connectivity index (χ0n) is 12.7. The number of rotatable bonds is 2. The van der Waals surface area contributed by atoms with E-state index in [-0.39, 0.29) is 0 Å². The van der Waals surface area contributed by atoms with Crippen molar-refractivity contribution in [2.45, 2.75) is 13.8 Å². The molecule has 3 nitrogen and oxygen atoms in total. The number of nitrogens with zero attached hydrogens (tertiary/aromatic N) is 3. The van der Waals surface area contributed by atoms with Crippen LogP contribution in [0.25, 0.3) is 22.3 Å². The van der Waals surface area contributed by atoms with E-state index in [9.17, 15) is 0 Å². The van der Waals surface area contributed by atoms with E-state index in [1.807, 2.05) is 19.3 Å². The Balaban J connectivity index is 1.84. The van der Waals surface area contributed by atoms with Crippen molar-refractivity contribution in [1.82, 2.24) is 14.1 Å². The molecule has 2 aromatic heterocycles. The summed E-state index contributed by atoms with van der Waals surface area (Å²) in [6, 6.07) is 17.3. The van der Waals surface area contributed by atoms with E-state index in [4.69, 9.17) is 0 Å². The molecule has 0 saturated carbocycles. The van der Waals surface area contributed by atoms with E-state index < -0.39 is 0 Å². The molecule has 2 heterocycles. The summed E-state index contributed by atoms with van der Waals surface area (Å²) in [6.07, 6.45) is 5.95. The van der Waals surface area contributed by atoms with Gasteiger partial charge in [0, 0.05) is 35.4 Å². The maximum atomic E-state index is 4.29. The van der Waals surface area contributed by atoms with Crippen LogP contribution in [0.3, 0.4) is 0 Å². The van der Waals surface area contributed by atoms with Gasteiger partial charge in [0.2, 0.25) is 0 Å². The normalized spacial score (nSPS) is 11.2. The van der Waals surface area contributed by atoms with Crippen LogP contribution in [-0.2, 0) is 0 Å². The molecular weight excluding hydrogens is 270 g/mol. The molecule has 0 fully saturated rings. The van der Waals surface area contributed by atoms with Gasteiger partial charge in [-0.15, -0.1) is 0 Å². The topological polar surface area (TPSA) is 22.8 Å². The minimum Gasteiger partial charge on any atom is -0.317 e. The third-order valence-corrected chi connectivity index (χ3v) is 4.09. The zero-order valence-corrected chi connectivity index (χ0v) is 12.7. The van der Waals surface area contributed by atoms with Gasteiger partial charge in [-0.2, -0.15) is 0 Å². The summed E-state index contributed by atoms with van der Waals surface area (Å²) in [7, 11) is 0. The quantitative estimate of drug-likeness (QED) is 0.534. The van der Waals surface area contributed by atoms with Crippen molar-refractivity contribution in [3.8, 4) is 11.4 Å². The number of fused-ring (bicyclic) bond motifs is 1. The van der Waals surface area contributed by atoms with Gasteiger partial charge >= 0.3 is 0 Å². The smallest absolute Gasteiger partial charge is 0.110 e. The van der Waals surface area contributed by atoms with E-state index in [1.54, 1.807) is 0 Å². The highest BCUT2D eigenvalue weighted by molar-refractivity contribution is 5.84. The minimum absolute atomic E-state index is 0.998. The van der Waals surface area contributed by atoms with E-state index in [1.165, 1.54) is 22.2 Å². The van der Waals surface area contributed by atoms with Gasteiger partial charge in [0.1, 0.15) is 5.82 Å². The second-order valence-corrected chi connectivity index (χ2v) is 5.61. The number of aromatic nitrogens is 3. The first-order valence-electron chi connectivity index (χ1n) is 7.41. The molecule has 3 heteroatoms. The van der Waals surface area contributed by atoms with Crippen LogP contribution < -0.4 is 0 Å². The Kier molecular flexibility index (Phi) is 2.86. The van der Waals surface area contributed by atoms with Gasteiger partial charge < -0.3 is 9.13 Å². The maximum absolute atomic E-state index is 4.29. The Morgan fingerprint density at radius 2 is 1.55 bits per heavy atom. The second-order valence-electron chi connectivity index (χ2n) is 5.61. The average Bonchev–Trinajstić information content (AvgIpc) is 3.13. The Bertz CT molecular complexity index is 942. The van der Waals surface area contributed by atoms with Crippen molar-refractivity contribution in [2.24, 2.45) is 0 Å². The minimum atomic E-state index is 0.998. The largest absolute Gasteiger partial charge is 0.317 e. The van der Waals surface area contributed by atoms with E-state index in [0.717, 1.165) is 11.5 Å². The Labute approximate surface area is 129 Å². The molecule has 0 aliphatic heterocycles. The van der Waals surface area contributed by atoms with E-state index >= 15 is 0 Å². The van der Waals surface area contributed by atoms with Crippen LogP contribution in [0.2, 0.25) is 0 Å². The van der Waals surface area contributed by atoms with Crippen LogP contribution >= 0.6 is 0 Å². The van der Waals surface area contributed by atoms with Crippen LogP contribution in [0.4, 0.5) is 0 Å². The first-order valence-corrected chi connectivity index (χ1v) is 7.41. The summed E-state index contributed by atoms with van der Waals surface area (Å²) in [5.74, 6) is 0.998. The molecule has 4 aromatic rings. The molecule has 0 amide bonds. The lowest BCUT2D eigenvalue weighted by molar-refractivity contribution is 0.976. The number of aryl methyl sites for hydroxylation is 2. The lowest BCUT2D eigenvalue weighted by atomic mass is 10.2. The first kappa shape index (κ1) is 12.9. The van der Waals surface area contributed by atoms with Crippen LogP contribution in [0.15, 0.2) is 67.1 Å². The summed E-state index contributed by atoms with van der Waals surface area (Å²) >= 11 is 0. The maximum Gasteiger partial charge on any atom is 0.110 e. The van der Waals surface area contributed by atoms with Crippen molar-refractivity contribution in [3.05, 3.63) is 78.5 Å². The molecule has 0 unspecified atom stereocenters. The van der Waals surface area contributed by atoms with Crippen LogP contribution in [0.5, 0.6) is 0 Å². The molecule has 0 saturated heterocycles. The fraction of sp³-hybridized carbons (Fsp3) is 0.105. The highest BCUT2D eigenvalue weighted by Crippen LogP contribution is 2.24. The van der Waals surface area contributed by atoms with Crippen molar-refractivity contribution in [2.75, 3.05) is 0 Å². The summed E-state index contributed by atoms with van der Waals surface area (Å²) in [4.78, 5) is 4.29. The zero-order chi connectivity index (χ0) is 15.1. The predicted molar refractivity (Wildman–Crippen MR) is 89.9 cm³/mol. The number of imidazole rings is 1. The third kappa shape index (κ3) is 2.02. The van der Waals surface area contributed by atoms with Gasteiger partial charge in [0.05, 0.1) is 5.52 Å². The van der Waals surface area contributed by atoms with Gasteiger partial charge in [0.15, 0.2) is 0 Å². The Morgan fingerprint density at radius 3 is 2.27 bits per heavy atom. The van der Waals surface area contributed by atoms with Crippen molar-refractivity contribution in [3.63, 3.8) is 0 Å². The second kappa shape index (κ2) is 4.88. The van der Waals surface area contributed by atoms with Crippen LogP contribution in [-0.4, -0.2) is 14.1 Å². The molecular formula is C19H17N3. The fourth-order valence-corrected chi connectivity index (χ4v) is 2.86. The molecule has 0 spiro atoms. The van der Waals surface area contributed by atoms with Crippen molar-refractivity contribution in [1.29, 1.82) is 0 Å². The molecule has 0 radical (unpaired) electrons. The van der Waals surface area contributed by atoms with E-state index in [2.05, 4.69) is 75.8 Å². The molecule has 4 rings (SSSR count). The highest BCUT2D eigenvalue weighted by atomic mass is 15.1.